The average molecular weight is 336 g/mol. The van der Waals surface area contributed by atoms with E-state index in [-0.39, 0.29) is 24.8 Å². The van der Waals surface area contributed by atoms with Gasteiger partial charge in [-0.3, -0.25) is 9.59 Å². The van der Waals surface area contributed by atoms with Gasteiger partial charge in [-0.25, -0.2) is 8.78 Å². The fourth-order valence-electron chi connectivity index (χ4n) is 3.87. The largest absolute Gasteiger partial charge is 0.345 e. The molecule has 1 unspecified atom stereocenters. The van der Waals surface area contributed by atoms with E-state index in [9.17, 15) is 18.4 Å². The number of nitrogens with zero attached hydrogens (tertiary/aromatic N) is 2. The molecule has 3 rings (SSSR count). The number of benzene rings is 1. The molecule has 24 heavy (non-hydrogen) atoms. The minimum absolute atomic E-state index is 0.0862. The Morgan fingerprint density at radius 1 is 1.25 bits per heavy atom. The van der Waals surface area contributed by atoms with Gasteiger partial charge in [0, 0.05) is 26.6 Å². The number of carbonyl (C=O) groups is 2. The fraction of sp³-hybridized carbons (Fsp3) is 0.556. The van der Waals surface area contributed by atoms with Crippen LogP contribution in [-0.4, -0.2) is 54.2 Å². The lowest BCUT2D eigenvalue weighted by molar-refractivity contribution is -0.162. The van der Waals surface area contributed by atoms with Gasteiger partial charge in [0.2, 0.25) is 11.8 Å². The van der Waals surface area contributed by atoms with E-state index in [0.717, 1.165) is 11.1 Å². The van der Waals surface area contributed by atoms with Gasteiger partial charge in [-0.05, 0) is 24.5 Å². The first kappa shape index (κ1) is 16.9. The van der Waals surface area contributed by atoms with Crippen LogP contribution >= 0.6 is 0 Å². The maximum atomic E-state index is 14.3. The van der Waals surface area contributed by atoms with Crippen LogP contribution < -0.4 is 0 Å². The van der Waals surface area contributed by atoms with Crippen LogP contribution in [0.25, 0.3) is 0 Å². The topological polar surface area (TPSA) is 40.6 Å². The third kappa shape index (κ3) is 3.01. The number of carbonyl (C=O) groups excluding carboxylic acids is 2. The lowest BCUT2D eigenvalue weighted by atomic mass is 9.76. The first-order chi connectivity index (χ1) is 11.2. The van der Waals surface area contributed by atoms with E-state index in [0.29, 0.717) is 13.0 Å². The van der Waals surface area contributed by atoms with Crippen LogP contribution in [0, 0.1) is 12.3 Å². The Balaban J connectivity index is 1.81. The quantitative estimate of drug-likeness (QED) is 0.831. The van der Waals surface area contributed by atoms with Crippen LogP contribution in [0.15, 0.2) is 24.3 Å². The van der Waals surface area contributed by atoms with E-state index in [1.165, 1.54) is 9.80 Å². The molecule has 1 aromatic rings. The van der Waals surface area contributed by atoms with Gasteiger partial charge in [-0.2, -0.15) is 0 Å². The Labute approximate surface area is 140 Å². The summed E-state index contributed by atoms with van der Waals surface area (Å²) in [6, 6.07) is 7.43. The molecule has 4 nitrogen and oxygen atoms in total. The fourth-order valence-corrected chi connectivity index (χ4v) is 3.87. The Morgan fingerprint density at radius 2 is 1.96 bits per heavy atom. The Bertz CT molecular complexity index is 677. The zero-order chi connectivity index (χ0) is 17.5. The molecule has 2 aliphatic rings. The molecule has 0 aliphatic carbocycles. The molecular weight excluding hydrogens is 314 g/mol. The van der Waals surface area contributed by atoms with Gasteiger partial charge < -0.3 is 9.80 Å². The number of likely N-dealkylation sites (tertiary alicyclic amines) is 2. The minimum Gasteiger partial charge on any atom is -0.345 e. The smallest absolute Gasteiger partial charge is 0.266 e. The molecule has 2 aliphatic heterocycles. The maximum absolute atomic E-state index is 14.3. The predicted molar refractivity (Wildman–Crippen MR) is 85.7 cm³/mol. The van der Waals surface area contributed by atoms with Crippen LogP contribution in [0.2, 0.25) is 0 Å². The zero-order valence-electron chi connectivity index (χ0n) is 14.0. The van der Waals surface area contributed by atoms with Crippen molar-refractivity contribution in [3.05, 3.63) is 35.4 Å². The van der Waals surface area contributed by atoms with E-state index in [4.69, 9.17) is 0 Å². The van der Waals surface area contributed by atoms with E-state index in [2.05, 4.69) is 0 Å². The van der Waals surface area contributed by atoms with Crippen LogP contribution in [0.3, 0.4) is 0 Å². The molecule has 0 aromatic heterocycles. The summed E-state index contributed by atoms with van der Waals surface area (Å²) in [7, 11) is 1.63. The highest BCUT2D eigenvalue weighted by atomic mass is 19.3. The van der Waals surface area contributed by atoms with E-state index >= 15 is 0 Å². The molecule has 2 amide bonds. The highest BCUT2D eigenvalue weighted by molar-refractivity contribution is 5.87. The summed E-state index contributed by atoms with van der Waals surface area (Å²) in [4.78, 5) is 27.7. The van der Waals surface area contributed by atoms with Gasteiger partial charge in [0.1, 0.15) is 0 Å². The molecule has 0 bridgehead atoms. The van der Waals surface area contributed by atoms with Crippen molar-refractivity contribution >= 4 is 11.8 Å². The van der Waals surface area contributed by atoms with Crippen molar-refractivity contribution in [3.8, 4) is 0 Å². The number of rotatable bonds is 2. The van der Waals surface area contributed by atoms with Crippen molar-refractivity contribution in [1.29, 1.82) is 0 Å². The standard InChI is InChI=1S/C18H22F2N2O2/c1-13-5-3-4-6-14(13)9-15(23)22-11-17(10-18(19,20)12-22)7-8-21(2)16(17)24/h3-6H,7-12H2,1-2H3. The normalized spacial score (nSPS) is 26.2. The van der Waals surface area contributed by atoms with E-state index < -0.39 is 24.3 Å². The van der Waals surface area contributed by atoms with Gasteiger partial charge >= 0.3 is 0 Å². The van der Waals surface area contributed by atoms with Crippen molar-refractivity contribution in [2.45, 2.75) is 32.1 Å². The van der Waals surface area contributed by atoms with Gasteiger partial charge in [-0.15, -0.1) is 0 Å². The third-order valence-corrected chi connectivity index (χ3v) is 5.19. The molecule has 1 atom stereocenters. The second-order valence-corrected chi connectivity index (χ2v) is 7.14. The summed E-state index contributed by atoms with van der Waals surface area (Å²) < 4.78 is 28.5. The number of aryl methyl sites for hydroxylation is 1. The second-order valence-electron chi connectivity index (χ2n) is 7.14. The second kappa shape index (κ2) is 5.83. The molecule has 130 valence electrons. The monoisotopic (exact) mass is 336 g/mol. The maximum Gasteiger partial charge on any atom is 0.266 e. The first-order valence-electron chi connectivity index (χ1n) is 8.18. The van der Waals surface area contributed by atoms with E-state index in [1.54, 1.807) is 7.05 Å². The Morgan fingerprint density at radius 3 is 2.58 bits per heavy atom. The molecule has 0 N–H and O–H groups in total. The summed E-state index contributed by atoms with van der Waals surface area (Å²) >= 11 is 0. The number of hydrogen-bond acceptors (Lipinski definition) is 2. The molecule has 1 spiro atoms. The van der Waals surface area contributed by atoms with Crippen LogP contribution in [0.5, 0.6) is 0 Å². The van der Waals surface area contributed by atoms with Crippen LogP contribution in [0.4, 0.5) is 8.78 Å². The summed E-state index contributed by atoms with van der Waals surface area (Å²) in [6.07, 6.45) is 0.00620. The summed E-state index contributed by atoms with van der Waals surface area (Å²) in [5.74, 6) is -3.64. The molecule has 0 saturated carbocycles. The predicted octanol–water partition coefficient (Wildman–Crippen LogP) is 2.25. The molecule has 1 aromatic carbocycles. The summed E-state index contributed by atoms with van der Waals surface area (Å²) in [5, 5.41) is 0. The molecule has 2 saturated heterocycles. The molecule has 6 heteroatoms. The summed E-state index contributed by atoms with van der Waals surface area (Å²) in [5.41, 5.74) is 0.666. The summed E-state index contributed by atoms with van der Waals surface area (Å²) in [6.45, 7) is 1.85. The van der Waals surface area contributed by atoms with Gasteiger partial charge in [0.25, 0.3) is 5.92 Å². The van der Waals surface area contributed by atoms with Crippen molar-refractivity contribution in [1.82, 2.24) is 9.80 Å². The number of halogens is 2. The lowest BCUT2D eigenvalue weighted by Gasteiger charge is -2.42. The first-order valence-corrected chi connectivity index (χ1v) is 8.18. The van der Waals surface area contributed by atoms with Crippen LogP contribution in [-0.2, 0) is 16.0 Å². The lowest BCUT2D eigenvalue weighted by Crippen LogP contribution is -2.57. The minimum atomic E-state index is -3.03. The Hall–Kier alpha value is -1.98. The van der Waals surface area contributed by atoms with Gasteiger partial charge in [-0.1, -0.05) is 24.3 Å². The van der Waals surface area contributed by atoms with Crippen molar-refractivity contribution in [2.24, 2.45) is 5.41 Å². The SMILES string of the molecule is Cc1ccccc1CC(=O)N1CC(F)(F)CC2(CCN(C)C2=O)C1. The molecule has 0 radical (unpaired) electrons. The third-order valence-electron chi connectivity index (χ3n) is 5.19. The van der Waals surface area contributed by atoms with Crippen molar-refractivity contribution < 1.29 is 18.4 Å². The number of piperidine rings is 1. The van der Waals surface area contributed by atoms with Gasteiger partial charge in [0.15, 0.2) is 0 Å². The average Bonchev–Trinajstić information content (AvgIpc) is 2.76. The highest BCUT2D eigenvalue weighted by Gasteiger charge is 2.56. The molecule has 2 heterocycles. The number of hydrogen-bond donors (Lipinski definition) is 0. The zero-order valence-corrected chi connectivity index (χ0v) is 14.0. The van der Waals surface area contributed by atoms with Crippen molar-refractivity contribution in [3.63, 3.8) is 0 Å². The van der Waals surface area contributed by atoms with Crippen LogP contribution in [0.1, 0.15) is 24.0 Å². The molecule has 2 fully saturated rings. The molecular formula is C18H22F2N2O2. The highest BCUT2D eigenvalue weighted by Crippen LogP contribution is 2.45. The van der Waals surface area contributed by atoms with Gasteiger partial charge in [0.05, 0.1) is 18.4 Å². The Kier molecular flexibility index (Phi) is 4.10. The number of alkyl halides is 2. The van der Waals surface area contributed by atoms with Crippen molar-refractivity contribution in [2.75, 3.05) is 26.7 Å². The van der Waals surface area contributed by atoms with E-state index in [1.807, 2.05) is 31.2 Å². The number of amides is 2.